The van der Waals surface area contributed by atoms with Crippen molar-refractivity contribution < 1.29 is 13.2 Å². The molecule has 0 radical (unpaired) electrons. The molecule has 3 rings (SSSR count). The summed E-state index contributed by atoms with van der Waals surface area (Å²) in [5, 5.41) is 6.27. The second-order valence-corrected chi connectivity index (χ2v) is 7.30. The highest BCUT2D eigenvalue weighted by Gasteiger charge is 2.53. The minimum Gasteiger partial charge on any atom is -0.349 e. The van der Waals surface area contributed by atoms with Gasteiger partial charge in [0.1, 0.15) is 0 Å². The van der Waals surface area contributed by atoms with Gasteiger partial charge >= 0.3 is 0 Å². The van der Waals surface area contributed by atoms with Gasteiger partial charge in [0.05, 0.1) is 4.90 Å². The topological polar surface area (TPSA) is 75.3 Å². The van der Waals surface area contributed by atoms with Crippen LogP contribution in [0.3, 0.4) is 0 Å². The zero-order chi connectivity index (χ0) is 13.6. The molecule has 1 heterocycles. The average Bonchev–Trinajstić information content (AvgIpc) is 2.81. The summed E-state index contributed by atoms with van der Waals surface area (Å²) in [6.45, 7) is 1.95. The smallest absolute Gasteiger partial charge is 0.251 e. The molecule has 2 aliphatic rings. The van der Waals surface area contributed by atoms with Crippen molar-refractivity contribution in [2.45, 2.75) is 10.9 Å². The number of carbonyl (C=O) groups is 1. The number of rotatable bonds is 3. The normalized spacial score (nSPS) is 28.8. The quantitative estimate of drug-likeness (QED) is 0.819. The molecule has 1 aliphatic heterocycles. The van der Waals surface area contributed by atoms with Crippen LogP contribution in [0, 0.1) is 11.8 Å². The maximum atomic E-state index is 12.0. The Balaban J connectivity index is 1.67. The Labute approximate surface area is 112 Å². The van der Waals surface area contributed by atoms with Gasteiger partial charge in [-0.3, -0.25) is 4.79 Å². The lowest BCUT2D eigenvalue weighted by Gasteiger charge is -2.08. The van der Waals surface area contributed by atoms with E-state index in [1.165, 1.54) is 12.1 Å². The van der Waals surface area contributed by atoms with Crippen LogP contribution in [0.4, 0.5) is 0 Å². The molecule has 19 heavy (non-hydrogen) atoms. The number of amides is 1. The molecule has 2 N–H and O–H groups in total. The van der Waals surface area contributed by atoms with Crippen LogP contribution in [0.2, 0.25) is 0 Å². The third kappa shape index (κ3) is 2.37. The molecule has 1 aliphatic carbocycles. The number of fused-ring (bicyclic) bond motifs is 1. The van der Waals surface area contributed by atoms with Crippen LogP contribution in [0.5, 0.6) is 0 Å². The molecule has 102 valence electrons. The summed E-state index contributed by atoms with van der Waals surface area (Å²) in [6.07, 6.45) is 1.15. The first-order valence-corrected chi connectivity index (χ1v) is 8.17. The Bertz CT molecular complexity index is 599. The summed E-state index contributed by atoms with van der Waals surface area (Å²) in [6, 6.07) is 6.34. The molecule has 2 atom stereocenters. The molecular weight excluding hydrogens is 264 g/mol. The average molecular weight is 280 g/mol. The van der Waals surface area contributed by atoms with Crippen LogP contribution in [-0.2, 0) is 9.84 Å². The molecule has 1 saturated heterocycles. The van der Waals surface area contributed by atoms with E-state index in [1.807, 2.05) is 0 Å². The Morgan fingerprint density at radius 3 is 2.32 bits per heavy atom. The van der Waals surface area contributed by atoms with E-state index in [4.69, 9.17) is 0 Å². The first-order valence-electron chi connectivity index (χ1n) is 6.28. The van der Waals surface area contributed by atoms with E-state index < -0.39 is 9.84 Å². The van der Waals surface area contributed by atoms with Crippen molar-refractivity contribution in [1.29, 1.82) is 0 Å². The van der Waals surface area contributed by atoms with Crippen LogP contribution < -0.4 is 10.6 Å². The van der Waals surface area contributed by atoms with Crippen LogP contribution in [-0.4, -0.2) is 39.7 Å². The molecule has 2 unspecified atom stereocenters. The second-order valence-electron chi connectivity index (χ2n) is 5.28. The van der Waals surface area contributed by atoms with Crippen molar-refractivity contribution >= 4 is 15.7 Å². The highest BCUT2D eigenvalue weighted by molar-refractivity contribution is 7.90. The van der Waals surface area contributed by atoms with Gasteiger partial charge in [-0.2, -0.15) is 0 Å². The molecule has 0 bridgehead atoms. The van der Waals surface area contributed by atoms with Crippen molar-refractivity contribution in [1.82, 2.24) is 10.6 Å². The van der Waals surface area contributed by atoms with Crippen molar-refractivity contribution in [2.75, 3.05) is 19.3 Å². The van der Waals surface area contributed by atoms with E-state index in [1.54, 1.807) is 12.1 Å². The van der Waals surface area contributed by atoms with Gasteiger partial charge in [0, 0.05) is 31.0 Å². The zero-order valence-electron chi connectivity index (χ0n) is 10.6. The summed E-state index contributed by atoms with van der Waals surface area (Å²) in [5.41, 5.74) is 0.505. The van der Waals surface area contributed by atoms with Gasteiger partial charge in [-0.25, -0.2) is 8.42 Å². The van der Waals surface area contributed by atoms with Gasteiger partial charge in [-0.05, 0) is 36.1 Å². The van der Waals surface area contributed by atoms with E-state index in [9.17, 15) is 13.2 Å². The van der Waals surface area contributed by atoms with Gasteiger partial charge in [0.2, 0.25) is 0 Å². The minimum atomic E-state index is -3.21. The standard InChI is InChI=1S/C13H16N2O3S/c1-19(17,18)9-4-2-8(3-5-9)13(16)15-12-10-6-14-7-11(10)12/h2-5,10-12,14H,6-7H2,1H3,(H,15,16). The van der Waals surface area contributed by atoms with Crippen molar-refractivity contribution in [3.05, 3.63) is 29.8 Å². The molecule has 1 aromatic carbocycles. The number of hydrogen-bond acceptors (Lipinski definition) is 4. The summed E-state index contributed by atoms with van der Waals surface area (Å²) in [5.74, 6) is 1.01. The minimum absolute atomic E-state index is 0.126. The number of hydrogen-bond donors (Lipinski definition) is 2. The van der Waals surface area contributed by atoms with E-state index >= 15 is 0 Å². The third-order valence-corrected chi connectivity index (χ3v) is 5.06. The lowest BCUT2D eigenvalue weighted by molar-refractivity contribution is 0.0946. The van der Waals surface area contributed by atoms with Crippen LogP contribution in [0.25, 0.3) is 0 Å². The lowest BCUT2D eigenvalue weighted by Crippen LogP contribution is -2.32. The Morgan fingerprint density at radius 2 is 1.79 bits per heavy atom. The van der Waals surface area contributed by atoms with Crippen molar-refractivity contribution in [3.8, 4) is 0 Å². The molecule has 1 aromatic rings. The first-order chi connectivity index (χ1) is 8.97. The predicted molar refractivity (Wildman–Crippen MR) is 70.7 cm³/mol. The van der Waals surface area contributed by atoms with E-state index in [-0.39, 0.29) is 16.8 Å². The zero-order valence-corrected chi connectivity index (χ0v) is 11.4. The molecule has 2 fully saturated rings. The number of carbonyl (C=O) groups excluding carboxylic acids is 1. The molecule has 5 nitrogen and oxygen atoms in total. The Kier molecular flexibility index (Phi) is 2.87. The van der Waals surface area contributed by atoms with E-state index in [0.29, 0.717) is 17.4 Å². The van der Waals surface area contributed by atoms with Gasteiger partial charge in [-0.15, -0.1) is 0 Å². The van der Waals surface area contributed by atoms with Crippen LogP contribution in [0.15, 0.2) is 29.2 Å². The maximum Gasteiger partial charge on any atom is 0.251 e. The fourth-order valence-electron chi connectivity index (χ4n) is 2.72. The fourth-order valence-corrected chi connectivity index (χ4v) is 3.35. The molecule has 1 saturated carbocycles. The van der Waals surface area contributed by atoms with Crippen LogP contribution >= 0.6 is 0 Å². The first kappa shape index (κ1) is 12.6. The second kappa shape index (κ2) is 4.31. The number of benzene rings is 1. The molecule has 0 aromatic heterocycles. The summed E-state index contributed by atoms with van der Waals surface area (Å²) in [7, 11) is -3.21. The predicted octanol–water partition coefficient (Wildman–Crippen LogP) is 0.0377. The summed E-state index contributed by atoms with van der Waals surface area (Å²) < 4.78 is 22.7. The Hall–Kier alpha value is -1.40. The van der Waals surface area contributed by atoms with Gasteiger partial charge < -0.3 is 10.6 Å². The molecule has 6 heteroatoms. The Morgan fingerprint density at radius 1 is 1.21 bits per heavy atom. The van der Waals surface area contributed by atoms with E-state index in [0.717, 1.165) is 19.3 Å². The van der Waals surface area contributed by atoms with Crippen molar-refractivity contribution in [3.63, 3.8) is 0 Å². The highest BCUT2D eigenvalue weighted by atomic mass is 32.2. The van der Waals surface area contributed by atoms with Gasteiger partial charge in [0.25, 0.3) is 5.91 Å². The third-order valence-electron chi connectivity index (χ3n) is 3.93. The molecule has 0 spiro atoms. The van der Waals surface area contributed by atoms with Gasteiger partial charge in [0.15, 0.2) is 9.84 Å². The van der Waals surface area contributed by atoms with Gasteiger partial charge in [-0.1, -0.05) is 0 Å². The molecular formula is C13H16N2O3S. The SMILES string of the molecule is CS(=O)(=O)c1ccc(C(=O)NC2C3CNCC32)cc1. The van der Waals surface area contributed by atoms with Crippen molar-refractivity contribution in [2.24, 2.45) is 11.8 Å². The van der Waals surface area contributed by atoms with Crippen LogP contribution in [0.1, 0.15) is 10.4 Å². The fraction of sp³-hybridized carbons (Fsp3) is 0.462. The number of sulfone groups is 1. The number of piperidine rings is 1. The molecule has 1 amide bonds. The summed E-state index contributed by atoms with van der Waals surface area (Å²) >= 11 is 0. The monoisotopic (exact) mass is 280 g/mol. The largest absolute Gasteiger partial charge is 0.349 e. The summed E-state index contributed by atoms with van der Waals surface area (Å²) in [4.78, 5) is 12.2. The van der Waals surface area contributed by atoms with E-state index in [2.05, 4.69) is 10.6 Å². The maximum absolute atomic E-state index is 12.0. The lowest BCUT2D eigenvalue weighted by atomic mass is 10.2. The number of nitrogens with one attached hydrogen (secondary N) is 2. The highest BCUT2D eigenvalue weighted by Crippen LogP contribution is 2.41.